The summed E-state index contributed by atoms with van der Waals surface area (Å²) in [4.78, 5) is 39.0. The van der Waals surface area contributed by atoms with Gasteiger partial charge in [-0.3, -0.25) is 19.7 Å². The number of nitro benzene ring substituents is 1. The van der Waals surface area contributed by atoms with E-state index in [2.05, 4.69) is 0 Å². The lowest BCUT2D eigenvalue weighted by atomic mass is 9.55. The van der Waals surface area contributed by atoms with Crippen LogP contribution in [0.2, 0.25) is 0 Å². The second-order valence-electron chi connectivity index (χ2n) is 8.05. The van der Waals surface area contributed by atoms with Crippen molar-refractivity contribution in [1.82, 2.24) is 0 Å². The molecule has 146 valence electrons. The first kappa shape index (κ1) is 17.1. The second kappa shape index (κ2) is 5.86. The maximum absolute atomic E-state index is 13.6. The number of nitro groups is 1. The van der Waals surface area contributed by atoms with Gasteiger partial charge in [0.25, 0.3) is 5.69 Å². The summed E-state index contributed by atoms with van der Waals surface area (Å²) >= 11 is 0. The molecule has 2 amide bonds. The minimum Gasteiger partial charge on any atom is -0.274 e. The molecule has 4 aliphatic rings. The highest BCUT2D eigenvalue weighted by atomic mass is 16.6. The minimum atomic E-state index is -0.517. The molecule has 6 nitrogen and oxygen atoms in total. The van der Waals surface area contributed by atoms with Crippen LogP contribution >= 0.6 is 0 Å². The Balaban J connectivity index is 1.54. The predicted octanol–water partition coefficient (Wildman–Crippen LogP) is 3.99. The van der Waals surface area contributed by atoms with Crippen LogP contribution < -0.4 is 4.90 Å². The van der Waals surface area contributed by atoms with Gasteiger partial charge in [0.15, 0.2) is 0 Å². The number of hydrogen-bond acceptors (Lipinski definition) is 4. The first-order valence-corrected chi connectivity index (χ1v) is 9.88. The first-order chi connectivity index (χ1) is 14.6. The molecule has 3 aliphatic carbocycles. The molecule has 0 spiro atoms. The van der Waals surface area contributed by atoms with E-state index < -0.39 is 16.8 Å². The molecular formula is C24H16N2O4. The summed E-state index contributed by atoms with van der Waals surface area (Å²) in [6.07, 6.45) is 0. The van der Waals surface area contributed by atoms with Crippen molar-refractivity contribution in [2.45, 2.75) is 11.8 Å². The molecular weight excluding hydrogens is 380 g/mol. The SMILES string of the molecule is O=C1C2C3c4ccccc4C(c4ccccc43)C2C(=O)N1c1cccc([N+](=O)[O-])c1. The number of imide groups is 1. The number of carbonyl (C=O) groups excluding carboxylic acids is 2. The molecule has 7 rings (SSSR count). The molecule has 2 unspecified atom stereocenters. The molecule has 0 aromatic heterocycles. The largest absolute Gasteiger partial charge is 0.274 e. The zero-order chi connectivity index (χ0) is 20.6. The van der Waals surface area contributed by atoms with E-state index in [1.807, 2.05) is 48.5 Å². The van der Waals surface area contributed by atoms with E-state index in [0.717, 1.165) is 22.3 Å². The number of anilines is 1. The van der Waals surface area contributed by atoms with Gasteiger partial charge in [0.2, 0.25) is 11.8 Å². The lowest BCUT2D eigenvalue weighted by Crippen LogP contribution is -2.41. The highest BCUT2D eigenvalue weighted by Crippen LogP contribution is 2.61. The molecule has 1 saturated heterocycles. The monoisotopic (exact) mass is 396 g/mol. The molecule has 30 heavy (non-hydrogen) atoms. The van der Waals surface area contributed by atoms with Crippen molar-refractivity contribution in [3.8, 4) is 0 Å². The number of rotatable bonds is 2. The summed E-state index contributed by atoms with van der Waals surface area (Å²) in [5, 5.41) is 11.2. The average Bonchev–Trinajstić information content (AvgIpc) is 3.04. The van der Waals surface area contributed by atoms with Crippen LogP contribution in [0.25, 0.3) is 0 Å². The van der Waals surface area contributed by atoms with Crippen molar-refractivity contribution in [1.29, 1.82) is 0 Å². The molecule has 3 aromatic rings. The van der Waals surface area contributed by atoms with Gasteiger partial charge in [-0.15, -0.1) is 0 Å². The van der Waals surface area contributed by atoms with E-state index in [4.69, 9.17) is 0 Å². The Bertz CT molecular complexity index is 1150. The lowest BCUT2D eigenvalue weighted by molar-refractivity contribution is -0.384. The molecule has 0 radical (unpaired) electrons. The maximum atomic E-state index is 13.6. The van der Waals surface area contributed by atoms with Crippen LogP contribution in [0.5, 0.6) is 0 Å². The quantitative estimate of drug-likeness (QED) is 0.373. The number of non-ortho nitro benzene ring substituents is 1. The number of amides is 2. The van der Waals surface area contributed by atoms with E-state index >= 15 is 0 Å². The van der Waals surface area contributed by atoms with E-state index in [1.165, 1.54) is 23.1 Å². The average molecular weight is 396 g/mol. The van der Waals surface area contributed by atoms with Crippen molar-refractivity contribution >= 4 is 23.2 Å². The molecule has 0 saturated carbocycles. The molecule has 1 fully saturated rings. The van der Waals surface area contributed by atoms with Crippen LogP contribution in [-0.2, 0) is 9.59 Å². The number of carbonyl (C=O) groups is 2. The smallest absolute Gasteiger partial charge is 0.271 e. The molecule has 1 aliphatic heterocycles. The molecule has 3 aromatic carbocycles. The van der Waals surface area contributed by atoms with Gasteiger partial charge < -0.3 is 0 Å². The van der Waals surface area contributed by atoms with E-state index in [-0.39, 0.29) is 35.0 Å². The van der Waals surface area contributed by atoms with Crippen LogP contribution in [0.15, 0.2) is 72.8 Å². The fourth-order valence-corrected chi connectivity index (χ4v) is 5.68. The van der Waals surface area contributed by atoms with Crippen LogP contribution in [0.4, 0.5) is 11.4 Å². The van der Waals surface area contributed by atoms with Crippen molar-refractivity contribution in [2.24, 2.45) is 11.8 Å². The van der Waals surface area contributed by atoms with Crippen LogP contribution in [0.3, 0.4) is 0 Å². The highest BCUT2D eigenvalue weighted by molar-refractivity contribution is 6.23. The Labute approximate surface area is 171 Å². The Hall–Kier alpha value is -3.80. The lowest BCUT2D eigenvalue weighted by Gasteiger charge is -2.45. The van der Waals surface area contributed by atoms with Crippen molar-refractivity contribution in [2.75, 3.05) is 4.90 Å². The van der Waals surface area contributed by atoms with Crippen molar-refractivity contribution in [3.05, 3.63) is 105 Å². The normalized spacial score (nSPS) is 25.7. The fourth-order valence-electron chi connectivity index (χ4n) is 5.68. The van der Waals surface area contributed by atoms with Gasteiger partial charge >= 0.3 is 0 Å². The van der Waals surface area contributed by atoms with Crippen molar-refractivity contribution < 1.29 is 14.5 Å². The zero-order valence-corrected chi connectivity index (χ0v) is 15.8. The van der Waals surface area contributed by atoms with Gasteiger partial charge in [-0.05, 0) is 28.3 Å². The predicted molar refractivity (Wildman–Crippen MR) is 109 cm³/mol. The number of nitrogens with zero attached hydrogens (tertiary/aromatic N) is 2. The second-order valence-corrected chi connectivity index (χ2v) is 8.05. The summed E-state index contributed by atoms with van der Waals surface area (Å²) in [7, 11) is 0. The third-order valence-corrected chi connectivity index (χ3v) is 6.75. The van der Waals surface area contributed by atoms with E-state index in [9.17, 15) is 19.7 Å². The Morgan fingerprint density at radius 3 is 1.60 bits per heavy atom. The molecule has 6 heteroatoms. The maximum Gasteiger partial charge on any atom is 0.271 e. The molecule has 2 atom stereocenters. The Morgan fingerprint density at radius 2 is 1.17 bits per heavy atom. The summed E-state index contributed by atoms with van der Waals surface area (Å²) in [5.41, 5.74) is 4.53. The molecule has 0 N–H and O–H groups in total. The van der Waals surface area contributed by atoms with Gasteiger partial charge in [-0.2, -0.15) is 0 Å². The molecule has 1 heterocycles. The van der Waals surface area contributed by atoms with Gasteiger partial charge in [0.05, 0.1) is 22.4 Å². The fraction of sp³-hybridized carbons (Fsp3) is 0.167. The standard InChI is InChI=1S/C24H16N2O4/c27-23-21-19-15-8-1-2-9-16(15)20(18-11-4-3-10-17(18)19)22(21)24(28)25(23)13-6-5-7-14(12-13)26(29)30/h1-12,19-22H. The summed E-state index contributed by atoms with van der Waals surface area (Å²) in [5.74, 6) is -1.91. The van der Waals surface area contributed by atoms with Crippen LogP contribution in [0, 0.1) is 22.0 Å². The summed E-state index contributed by atoms with van der Waals surface area (Å²) in [6, 6.07) is 21.8. The minimum absolute atomic E-state index is 0.141. The van der Waals surface area contributed by atoms with E-state index in [1.54, 1.807) is 6.07 Å². The van der Waals surface area contributed by atoms with Gasteiger partial charge in [0.1, 0.15) is 0 Å². The van der Waals surface area contributed by atoms with Gasteiger partial charge in [0, 0.05) is 24.0 Å². The topological polar surface area (TPSA) is 80.5 Å². The zero-order valence-electron chi connectivity index (χ0n) is 15.8. The first-order valence-electron chi connectivity index (χ1n) is 9.88. The van der Waals surface area contributed by atoms with Crippen LogP contribution in [-0.4, -0.2) is 16.7 Å². The number of hydrogen-bond donors (Lipinski definition) is 0. The van der Waals surface area contributed by atoms with Crippen molar-refractivity contribution in [3.63, 3.8) is 0 Å². The highest BCUT2D eigenvalue weighted by Gasteiger charge is 2.61. The van der Waals surface area contributed by atoms with Gasteiger partial charge in [-0.1, -0.05) is 54.6 Å². The van der Waals surface area contributed by atoms with E-state index in [0.29, 0.717) is 0 Å². The Kier molecular flexibility index (Phi) is 3.34. The number of benzene rings is 3. The van der Waals surface area contributed by atoms with Gasteiger partial charge in [-0.25, -0.2) is 4.90 Å². The third-order valence-electron chi connectivity index (χ3n) is 6.75. The Morgan fingerprint density at radius 1 is 0.700 bits per heavy atom. The van der Waals surface area contributed by atoms with Crippen LogP contribution in [0.1, 0.15) is 34.1 Å². The third kappa shape index (κ3) is 2.03. The summed E-state index contributed by atoms with van der Waals surface area (Å²) in [6.45, 7) is 0. The molecule has 2 bridgehead atoms. The summed E-state index contributed by atoms with van der Waals surface area (Å²) < 4.78 is 0.